The summed E-state index contributed by atoms with van der Waals surface area (Å²) in [4.78, 5) is 10.2. The third-order valence-electron chi connectivity index (χ3n) is 2.21. The van der Waals surface area contributed by atoms with Gasteiger partial charge in [0.2, 0.25) is 11.8 Å². The number of thioether (sulfide) groups is 1. The molecule has 0 spiro atoms. The maximum absolute atomic E-state index is 10.2. The zero-order valence-electron chi connectivity index (χ0n) is 8.59. The fraction of sp³-hybridized carbons (Fsp3) is 0.667. The number of aliphatic carboxylic acids is 1. The summed E-state index contributed by atoms with van der Waals surface area (Å²) in [6.07, 6.45) is 1.06. The van der Waals surface area contributed by atoms with E-state index in [4.69, 9.17) is 14.3 Å². The maximum Gasteiger partial charge on any atom is 0.329 e. The molecule has 7 heteroatoms. The van der Waals surface area contributed by atoms with Gasteiger partial charge in [-0.3, -0.25) is 0 Å². The minimum atomic E-state index is -1.01. The van der Waals surface area contributed by atoms with Crippen LogP contribution in [-0.4, -0.2) is 39.4 Å². The first-order chi connectivity index (χ1) is 7.75. The van der Waals surface area contributed by atoms with Crippen LogP contribution in [0.3, 0.4) is 0 Å². The van der Waals surface area contributed by atoms with E-state index in [1.807, 2.05) is 11.8 Å². The zero-order valence-corrected chi connectivity index (χ0v) is 9.40. The molecule has 88 valence electrons. The summed E-state index contributed by atoms with van der Waals surface area (Å²) in [5, 5.41) is 16.1. The highest BCUT2D eigenvalue weighted by atomic mass is 32.2. The van der Waals surface area contributed by atoms with Crippen LogP contribution < -0.4 is 0 Å². The Morgan fingerprint density at radius 3 is 3.19 bits per heavy atom. The van der Waals surface area contributed by atoms with E-state index in [2.05, 4.69) is 10.2 Å². The summed E-state index contributed by atoms with van der Waals surface area (Å²) in [5.74, 6) is 2.44. The smallest absolute Gasteiger partial charge is 0.329 e. The highest BCUT2D eigenvalue weighted by molar-refractivity contribution is 7.99. The Balaban J connectivity index is 1.84. The summed E-state index contributed by atoms with van der Waals surface area (Å²) in [6.45, 7) is -0.295. The van der Waals surface area contributed by atoms with Gasteiger partial charge in [-0.05, 0) is 12.2 Å². The summed E-state index contributed by atoms with van der Waals surface area (Å²) < 4.78 is 10.3. The normalized spacial score (nSPS) is 20.1. The van der Waals surface area contributed by atoms with Crippen molar-refractivity contribution >= 4 is 17.7 Å². The average molecular weight is 244 g/mol. The molecule has 16 heavy (non-hydrogen) atoms. The van der Waals surface area contributed by atoms with Crippen molar-refractivity contribution in [2.24, 2.45) is 0 Å². The van der Waals surface area contributed by atoms with Crippen LogP contribution in [0, 0.1) is 0 Å². The van der Waals surface area contributed by atoms with E-state index >= 15 is 0 Å². The van der Waals surface area contributed by atoms with Crippen molar-refractivity contribution in [2.45, 2.75) is 18.9 Å². The number of carboxylic acids is 1. The zero-order chi connectivity index (χ0) is 11.4. The van der Waals surface area contributed by atoms with Gasteiger partial charge in [-0.15, -0.1) is 10.2 Å². The largest absolute Gasteiger partial charge is 0.480 e. The Kier molecular flexibility index (Phi) is 3.79. The van der Waals surface area contributed by atoms with E-state index < -0.39 is 5.97 Å². The van der Waals surface area contributed by atoms with E-state index in [-0.39, 0.29) is 13.2 Å². The quantitative estimate of drug-likeness (QED) is 0.823. The third-order valence-corrected chi connectivity index (χ3v) is 3.37. The van der Waals surface area contributed by atoms with Gasteiger partial charge in [-0.1, -0.05) is 0 Å². The Morgan fingerprint density at radius 2 is 2.50 bits per heavy atom. The van der Waals surface area contributed by atoms with E-state index in [0.717, 1.165) is 17.9 Å². The topological polar surface area (TPSA) is 85.5 Å². The van der Waals surface area contributed by atoms with E-state index in [0.29, 0.717) is 17.7 Å². The average Bonchev–Trinajstić information content (AvgIpc) is 2.85. The molecule has 6 nitrogen and oxygen atoms in total. The molecule has 2 heterocycles. The molecule has 1 atom stereocenters. The summed E-state index contributed by atoms with van der Waals surface area (Å²) in [5.41, 5.74) is 0. The number of hydrogen-bond donors (Lipinski definition) is 1. The molecule has 2 rings (SSSR count). The summed E-state index contributed by atoms with van der Waals surface area (Å²) in [7, 11) is 0. The van der Waals surface area contributed by atoms with Gasteiger partial charge in [0.15, 0.2) is 0 Å². The van der Waals surface area contributed by atoms with Crippen LogP contribution in [-0.2, 0) is 16.1 Å². The molecule has 1 aliphatic heterocycles. The van der Waals surface area contributed by atoms with Gasteiger partial charge in [0.25, 0.3) is 0 Å². The van der Waals surface area contributed by atoms with Gasteiger partial charge in [-0.25, -0.2) is 4.79 Å². The van der Waals surface area contributed by atoms with Gasteiger partial charge in [0.05, 0.1) is 0 Å². The maximum atomic E-state index is 10.2. The number of ether oxygens (including phenoxy) is 1. The summed E-state index contributed by atoms with van der Waals surface area (Å²) in [6, 6.07) is 0. The van der Waals surface area contributed by atoms with Gasteiger partial charge < -0.3 is 14.3 Å². The molecule has 0 amide bonds. The number of nitrogens with zero attached hydrogens (tertiary/aromatic N) is 2. The van der Waals surface area contributed by atoms with E-state index in [1.165, 1.54) is 0 Å². The van der Waals surface area contributed by atoms with Crippen LogP contribution >= 0.6 is 11.8 Å². The highest BCUT2D eigenvalue weighted by Crippen LogP contribution is 2.31. The van der Waals surface area contributed by atoms with E-state index in [9.17, 15) is 4.79 Å². The van der Waals surface area contributed by atoms with Gasteiger partial charge in [-0.2, -0.15) is 11.8 Å². The van der Waals surface area contributed by atoms with Gasteiger partial charge in [0, 0.05) is 11.7 Å². The van der Waals surface area contributed by atoms with Crippen molar-refractivity contribution in [1.29, 1.82) is 0 Å². The fourth-order valence-corrected chi connectivity index (χ4v) is 2.66. The second kappa shape index (κ2) is 5.31. The first kappa shape index (κ1) is 11.4. The first-order valence-corrected chi connectivity index (χ1v) is 6.10. The predicted octanol–water partition coefficient (Wildman–Crippen LogP) is 0.891. The second-order valence-electron chi connectivity index (χ2n) is 3.48. The minimum absolute atomic E-state index is 0.0547. The molecule has 1 aromatic rings. The fourth-order valence-electron chi connectivity index (χ4n) is 1.44. The van der Waals surface area contributed by atoms with E-state index in [1.54, 1.807) is 0 Å². The number of carbonyl (C=O) groups is 1. The molecule has 1 aromatic heterocycles. The van der Waals surface area contributed by atoms with Crippen LogP contribution in [0.1, 0.15) is 24.1 Å². The van der Waals surface area contributed by atoms with Crippen molar-refractivity contribution in [3.63, 3.8) is 0 Å². The lowest BCUT2D eigenvalue weighted by molar-refractivity contribution is -0.142. The second-order valence-corrected chi connectivity index (χ2v) is 4.63. The molecule has 0 bridgehead atoms. The highest BCUT2D eigenvalue weighted by Gasteiger charge is 2.23. The molecule has 0 radical (unpaired) electrons. The molecule has 0 aliphatic carbocycles. The Morgan fingerprint density at radius 1 is 1.62 bits per heavy atom. The molecule has 0 aromatic carbocycles. The Labute approximate surface area is 96.4 Å². The number of carboxylic acid groups (broad SMARTS) is 1. The lowest BCUT2D eigenvalue weighted by Crippen LogP contribution is -2.06. The molecule has 1 unspecified atom stereocenters. The van der Waals surface area contributed by atoms with Crippen molar-refractivity contribution < 1.29 is 19.1 Å². The molecule has 1 fully saturated rings. The number of hydrogen-bond acceptors (Lipinski definition) is 6. The third kappa shape index (κ3) is 2.96. The first-order valence-electron chi connectivity index (χ1n) is 4.95. The molecular formula is C9H12N2O4S. The van der Waals surface area contributed by atoms with Gasteiger partial charge >= 0.3 is 5.97 Å². The number of rotatable bonds is 5. The predicted molar refractivity (Wildman–Crippen MR) is 56.3 cm³/mol. The number of aromatic nitrogens is 2. The van der Waals surface area contributed by atoms with Crippen molar-refractivity contribution in [1.82, 2.24) is 10.2 Å². The van der Waals surface area contributed by atoms with Crippen molar-refractivity contribution in [2.75, 3.05) is 18.1 Å². The minimum Gasteiger partial charge on any atom is -0.480 e. The SMILES string of the molecule is O=C(O)COCc1nnc(C2CCSC2)o1. The van der Waals surface area contributed by atoms with Gasteiger partial charge in [0.1, 0.15) is 13.2 Å². The molecule has 1 aliphatic rings. The van der Waals surface area contributed by atoms with Crippen molar-refractivity contribution in [3.05, 3.63) is 11.8 Å². The Bertz CT molecular complexity index is 362. The van der Waals surface area contributed by atoms with Crippen LogP contribution in [0.25, 0.3) is 0 Å². The standard InChI is InChI=1S/C9H12N2O4S/c12-8(13)4-14-3-7-10-11-9(15-7)6-1-2-16-5-6/h6H,1-5H2,(H,12,13). The monoisotopic (exact) mass is 244 g/mol. The molecule has 1 N–H and O–H groups in total. The van der Waals surface area contributed by atoms with Crippen LogP contribution in [0.5, 0.6) is 0 Å². The lowest BCUT2D eigenvalue weighted by atomic mass is 10.1. The molecule has 0 saturated carbocycles. The lowest BCUT2D eigenvalue weighted by Gasteiger charge is -1.99. The van der Waals surface area contributed by atoms with Crippen LogP contribution in [0.4, 0.5) is 0 Å². The molecular weight excluding hydrogens is 232 g/mol. The van der Waals surface area contributed by atoms with Crippen LogP contribution in [0.15, 0.2) is 4.42 Å². The Hall–Kier alpha value is -1.08. The summed E-state index contributed by atoms with van der Waals surface area (Å²) >= 11 is 1.87. The van der Waals surface area contributed by atoms with Crippen molar-refractivity contribution in [3.8, 4) is 0 Å². The molecule has 1 saturated heterocycles. The van der Waals surface area contributed by atoms with Crippen LogP contribution in [0.2, 0.25) is 0 Å².